The molecule has 1 aliphatic rings. The van der Waals surface area contributed by atoms with Gasteiger partial charge >= 0.3 is 0 Å². The van der Waals surface area contributed by atoms with Crippen LogP contribution in [0.15, 0.2) is 23.7 Å². The first-order chi connectivity index (χ1) is 9.74. The van der Waals surface area contributed by atoms with Crippen LogP contribution in [0.1, 0.15) is 15.4 Å². The first-order valence-corrected chi connectivity index (χ1v) is 6.97. The minimum atomic E-state index is -0.225. The summed E-state index contributed by atoms with van der Waals surface area (Å²) in [6, 6.07) is 3.22. The molecule has 0 saturated heterocycles. The highest BCUT2D eigenvalue weighted by atomic mass is 32.1. The molecule has 1 aromatic carbocycles. The van der Waals surface area contributed by atoms with E-state index in [4.69, 9.17) is 15.2 Å². The lowest BCUT2D eigenvalue weighted by molar-refractivity contribution is 0.0954. The lowest BCUT2D eigenvalue weighted by Crippen LogP contribution is -2.26. The van der Waals surface area contributed by atoms with Gasteiger partial charge in [0.15, 0.2) is 11.5 Å². The van der Waals surface area contributed by atoms with Crippen molar-refractivity contribution in [3.63, 3.8) is 0 Å². The Morgan fingerprint density at radius 2 is 2.20 bits per heavy atom. The molecule has 2 aromatic rings. The van der Waals surface area contributed by atoms with Crippen molar-refractivity contribution in [1.29, 1.82) is 0 Å². The summed E-state index contributed by atoms with van der Waals surface area (Å²) >= 11 is 1.57. The highest BCUT2D eigenvalue weighted by molar-refractivity contribution is 7.09. The molecule has 3 rings (SSSR count). The van der Waals surface area contributed by atoms with Crippen LogP contribution in [0, 0.1) is 0 Å². The minimum Gasteiger partial charge on any atom is -0.454 e. The van der Waals surface area contributed by atoms with Crippen molar-refractivity contribution in [2.75, 3.05) is 19.1 Å². The molecule has 2 heterocycles. The van der Waals surface area contributed by atoms with Gasteiger partial charge in [0.1, 0.15) is 0 Å². The standard InChI is InChI=1S/C13H13N3O3S/c14-9-6-11-10(18-7-19-11)5-8(9)13(17)16-2-1-12-15-3-4-20-12/h3-6H,1-2,7,14H2,(H,16,17). The average molecular weight is 291 g/mol. The Balaban J connectivity index is 1.65. The van der Waals surface area contributed by atoms with Crippen molar-refractivity contribution in [2.24, 2.45) is 0 Å². The second-order valence-corrected chi connectivity index (χ2v) is 5.20. The number of nitrogens with one attached hydrogen (secondary N) is 1. The molecule has 0 atom stereocenters. The van der Waals surface area contributed by atoms with E-state index in [1.165, 1.54) is 0 Å². The third-order valence-corrected chi connectivity index (χ3v) is 3.74. The molecule has 1 aliphatic heterocycles. The molecule has 104 valence electrons. The summed E-state index contributed by atoms with van der Waals surface area (Å²) in [6.45, 7) is 0.671. The number of nitrogen functional groups attached to an aromatic ring is 1. The number of hydrogen-bond donors (Lipinski definition) is 2. The number of thiazole rings is 1. The SMILES string of the molecule is Nc1cc2c(cc1C(=O)NCCc1nccs1)OCO2. The monoisotopic (exact) mass is 291 g/mol. The van der Waals surface area contributed by atoms with Gasteiger partial charge in [-0.2, -0.15) is 0 Å². The Morgan fingerprint density at radius 3 is 2.95 bits per heavy atom. The summed E-state index contributed by atoms with van der Waals surface area (Å²) in [5, 5.41) is 5.72. The van der Waals surface area contributed by atoms with Gasteiger partial charge in [-0.15, -0.1) is 11.3 Å². The first kappa shape index (κ1) is 12.7. The number of aromatic nitrogens is 1. The van der Waals surface area contributed by atoms with Gasteiger partial charge in [0.2, 0.25) is 6.79 Å². The molecular formula is C13H13N3O3S. The van der Waals surface area contributed by atoms with Crippen molar-refractivity contribution in [2.45, 2.75) is 6.42 Å². The topological polar surface area (TPSA) is 86.5 Å². The van der Waals surface area contributed by atoms with Crippen LogP contribution >= 0.6 is 11.3 Å². The first-order valence-electron chi connectivity index (χ1n) is 6.10. The molecule has 7 heteroatoms. The molecule has 0 radical (unpaired) electrons. The molecule has 0 bridgehead atoms. The van der Waals surface area contributed by atoms with Crippen LogP contribution in [0.25, 0.3) is 0 Å². The van der Waals surface area contributed by atoms with Gasteiger partial charge in [0, 0.05) is 36.3 Å². The maximum Gasteiger partial charge on any atom is 0.253 e. The summed E-state index contributed by atoms with van der Waals surface area (Å²) in [4.78, 5) is 16.2. The zero-order valence-electron chi connectivity index (χ0n) is 10.6. The summed E-state index contributed by atoms with van der Waals surface area (Å²) in [6.07, 6.45) is 2.45. The summed E-state index contributed by atoms with van der Waals surface area (Å²) < 4.78 is 10.4. The largest absolute Gasteiger partial charge is 0.454 e. The normalized spacial score (nSPS) is 12.4. The fourth-order valence-corrected chi connectivity index (χ4v) is 2.53. The van der Waals surface area contributed by atoms with Gasteiger partial charge in [0.25, 0.3) is 5.91 Å². The maximum atomic E-state index is 12.1. The van der Waals surface area contributed by atoms with Crippen LogP contribution in [0.3, 0.4) is 0 Å². The van der Waals surface area contributed by atoms with Gasteiger partial charge in [-0.05, 0) is 6.07 Å². The van der Waals surface area contributed by atoms with E-state index in [0.29, 0.717) is 35.7 Å². The Morgan fingerprint density at radius 1 is 1.40 bits per heavy atom. The van der Waals surface area contributed by atoms with Gasteiger partial charge < -0.3 is 20.5 Å². The number of carbonyl (C=O) groups excluding carboxylic acids is 1. The molecule has 1 aromatic heterocycles. The zero-order chi connectivity index (χ0) is 13.9. The van der Waals surface area contributed by atoms with E-state index in [9.17, 15) is 4.79 Å². The maximum absolute atomic E-state index is 12.1. The van der Waals surface area contributed by atoms with E-state index in [1.54, 1.807) is 29.7 Å². The van der Waals surface area contributed by atoms with Crippen LogP contribution in [0.2, 0.25) is 0 Å². The van der Waals surface area contributed by atoms with Gasteiger partial charge in [0.05, 0.1) is 10.6 Å². The van der Waals surface area contributed by atoms with Crippen molar-refractivity contribution in [3.05, 3.63) is 34.3 Å². The highest BCUT2D eigenvalue weighted by Crippen LogP contribution is 2.35. The third-order valence-electron chi connectivity index (χ3n) is 2.90. The minimum absolute atomic E-state index is 0.157. The van der Waals surface area contributed by atoms with Crippen molar-refractivity contribution < 1.29 is 14.3 Å². The number of nitrogens with zero attached hydrogens (tertiary/aromatic N) is 1. The number of rotatable bonds is 4. The van der Waals surface area contributed by atoms with E-state index in [0.717, 1.165) is 5.01 Å². The zero-order valence-corrected chi connectivity index (χ0v) is 11.4. The summed E-state index contributed by atoms with van der Waals surface area (Å²) in [5.74, 6) is 0.892. The molecule has 0 aliphatic carbocycles. The van der Waals surface area contributed by atoms with Crippen molar-refractivity contribution >= 4 is 22.9 Å². The number of ether oxygens (including phenoxy) is 2. The number of benzene rings is 1. The van der Waals surface area contributed by atoms with Gasteiger partial charge in [-0.1, -0.05) is 0 Å². The lowest BCUT2D eigenvalue weighted by Gasteiger charge is -2.08. The third kappa shape index (κ3) is 2.53. The average Bonchev–Trinajstić information content (AvgIpc) is 3.08. The summed E-state index contributed by atoms with van der Waals surface area (Å²) in [5.41, 5.74) is 6.63. The highest BCUT2D eigenvalue weighted by Gasteiger charge is 2.19. The second-order valence-electron chi connectivity index (χ2n) is 4.22. The molecule has 0 spiro atoms. The number of anilines is 1. The molecule has 0 fully saturated rings. The fraction of sp³-hybridized carbons (Fsp3) is 0.231. The van der Waals surface area contributed by atoms with Crippen LogP contribution in [0.4, 0.5) is 5.69 Å². The van der Waals surface area contributed by atoms with Crippen LogP contribution in [-0.4, -0.2) is 24.2 Å². The fourth-order valence-electron chi connectivity index (χ4n) is 1.91. The van der Waals surface area contributed by atoms with E-state index < -0.39 is 0 Å². The Labute approximate surface area is 119 Å². The smallest absolute Gasteiger partial charge is 0.253 e. The van der Waals surface area contributed by atoms with E-state index in [-0.39, 0.29) is 12.7 Å². The molecule has 0 unspecified atom stereocenters. The van der Waals surface area contributed by atoms with Gasteiger partial charge in [-0.3, -0.25) is 4.79 Å². The number of carbonyl (C=O) groups is 1. The number of amides is 1. The van der Waals surface area contributed by atoms with Crippen LogP contribution in [0.5, 0.6) is 11.5 Å². The number of fused-ring (bicyclic) bond motifs is 1. The molecular weight excluding hydrogens is 278 g/mol. The molecule has 1 amide bonds. The molecule has 3 N–H and O–H groups in total. The van der Waals surface area contributed by atoms with Crippen molar-refractivity contribution in [1.82, 2.24) is 10.3 Å². The van der Waals surface area contributed by atoms with Crippen molar-refractivity contribution in [3.8, 4) is 11.5 Å². The predicted molar refractivity (Wildman–Crippen MR) is 75.1 cm³/mol. The van der Waals surface area contributed by atoms with Crippen LogP contribution < -0.4 is 20.5 Å². The van der Waals surface area contributed by atoms with Crippen LogP contribution in [-0.2, 0) is 6.42 Å². The Hall–Kier alpha value is -2.28. The van der Waals surface area contributed by atoms with E-state index in [2.05, 4.69) is 10.3 Å². The summed E-state index contributed by atoms with van der Waals surface area (Å²) in [7, 11) is 0. The molecule has 0 saturated carbocycles. The predicted octanol–water partition coefficient (Wildman–Crippen LogP) is 1.43. The molecule has 20 heavy (non-hydrogen) atoms. The Bertz CT molecular complexity index is 628. The second kappa shape index (κ2) is 5.38. The van der Waals surface area contributed by atoms with Gasteiger partial charge in [-0.25, -0.2) is 4.98 Å². The lowest BCUT2D eigenvalue weighted by atomic mass is 10.1. The van der Waals surface area contributed by atoms with E-state index in [1.807, 2.05) is 5.38 Å². The number of hydrogen-bond acceptors (Lipinski definition) is 6. The number of nitrogens with two attached hydrogens (primary N) is 1. The Kier molecular flexibility index (Phi) is 3.42. The quantitative estimate of drug-likeness (QED) is 0.832. The van der Waals surface area contributed by atoms with E-state index >= 15 is 0 Å². The molecule has 6 nitrogen and oxygen atoms in total.